The van der Waals surface area contributed by atoms with Crippen molar-refractivity contribution in [3.8, 4) is 11.1 Å². The third-order valence-electron chi connectivity index (χ3n) is 3.24. The molecule has 0 fully saturated rings. The SMILES string of the molecule is C=c1ccc(-c2ccc(C(C)=O)cc2)c/c1=C/C=C\C. The van der Waals surface area contributed by atoms with Gasteiger partial charge >= 0.3 is 0 Å². The molecule has 2 aromatic carbocycles. The molecule has 100 valence electrons. The average Bonchev–Trinajstić information content (AvgIpc) is 2.46. The predicted octanol–water partition coefficient (Wildman–Crippen LogP) is 3.32. The van der Waals surface area contributed by atoms with Crippen molar-refractivity contribution in [3.05, 3.63) is 70.6 Å². The van der Waals surface area contributed by atoms with Crippen molar-refractivity contribution in [1.82, 2.24) is 0 Å². The second-order valence-electron chi connectivity index (χ2n) is 4.74. The fraction of sp³-hybridized carbons (Fsp3) is 0.105. The van der Waals surface area contributed by atoms with Crippen LogP contribution in [0.1, 0.15) is 24.2 Å². The maximum absolute atomic E-state index is 11.3. The Bertz CT molecular complexity index is 749. The highest BCUT2D eigenvalue weighted by atomic mass is 16.1. The van der Waals surface area contributed by atoms with Gasteiger partial charge in [-0.25, -0.2) is 0 Å². The van der Waals surface area contributed by atoms with Crippen LogP contribution in [0, 0.1) is 0 Å². The third-order valence-corrected chi connectivity index (χ3v) is 3.24. The fourth-order valence-electron chi connectivity index (χ4n) is 2.03. The monoisotopic (exact) mass is 262 g/mol. The number of ketones is 1. The second kappa shape index (κ2) is 6.16. The summed E-state index contributed by atoms with van der Waals surface area (Å²) in [6, 6.07) is 13.9. The third kappa shape index (κ3) is 3.12. The molecule has 0 bridgehead atoms. The quantitative estimate of drug-likeness (QED) is 0.775. The van der Waals surface area contributed by atoms with Crippen LogP contribution in [-0.4, -0.2) is 5.78 Å². The lowest BCUT2D eigenvalue weighted by Gasteiger charge is -2.03. The summed E-state index contributed by atoms with van der Waals surface area (Å²) in [4.78, 5) is 11.3. The van der Waals surface area contributed by atoms with Gasteiger partial charge in [0, 0.05) is 5.56 Å². The van der Waals surface area contributed by atoms with Gasteiger partial charge in [-0.05, 0) is 41.5 Å². The van der Waals surface area contributed by atoms with E-state index in [0.717, 1.165) is 27.1 Å². The molecule has 1 nitrogen and oxygen atoms in total. The van der Waals surface area contributed by atoms with Crippen LogP contribution in [0.2, 0.25) is 0 Å². The molecule has 1 heteroatoms. The zero-order chi connectivity index (χ0) is 14.5. The Morgan fingerprint density at radius 3 is 2.30 bits per heavy atom. The Kier molecular flexibility index (Phi) is 4.31. The number of hydrogen-bond acceptors (Lipinski definition) is 1. The summed E-state index contributed by atoms with van der Waals surface area (Å²) in [6.07, 6.45) is 6.05. The maximum atomic E-state index is 11.3. The summed E-state index contributed by atoms with van der Waals surface area (Å²) in [5.41, 5.74) is 2.97. The smallest absolute Gasteiger partial charge is 0.159 e. The number of carbonyl (C=O) groups excluding carboxylic acids is 1. The molecule has 0 heterocycles. The van der Waals surface area contributed by atoms with Crippen LogP contribution in [0.5, 0.6) is 0 Å². The van der Waals surface area contributed by atoms with Gasteiger partial charge in [-0.15, -0.1) is 0 Å². The van der Waals surface area contributed by atoms with Crippen LogP contribution >= 0.6 is 0 Å². The van der Waals surface area contributed by atoms with E-state index < -0.39 is 0 Å². The summed E-state index contributed by atoms with van der Waals surface area (Å²) in [7, 11) is 0. The topological polar surface area (TPSA) is 17.1 Å². The minimum atomic E-state index is 0.0896. The molecular formula is C19H18O. The fourth-order valence-corrected chi connectivity index (χ4v) is 2.03. The Hall–Kier alpha value is -2.41. The number of benzene rings is 2. The van der Waals surface area contributed by atoms with E-state index in [1.807, 2.05) is 49.4 Å². The van der Waals surface area contributed by atoms with E-state index >= 15 is 0 Å². The van der Waals surface area contributed by atoms with Crippen LogP contribution in [0.4, 0.5) is 0 Å². The van der Waals surface area contributed by atoms with Crippen molar-refractivity contribution in [2.45, 2.75) is 13.8 Å². The van der Waals surface area contributed by atoms with Crippen molar-refractivity contribution in [2.75, 3.05) is 0 Å². The van der Waals surface area contributed by atoms with Gasteiger partial charge in [-0.3, -0.25) is 4.79 Å². The molecule has 0 aliphatic heterocycles. The minimum absolute atomic E-state index is 0.0896. The molecule has 0 radical (unpaired) electrons. The standard InChI is InChI=1S/C19H18O/c1-4-5-6-18-13-19(8-7-14(18)2)17-11-9-16(10-12-17)15(3)20/h4-13H,2H2,1,3H3/b5-4-,18-6-. The van der Waals surface area contributed by atoms with Gasteiger partial charge in [0.05, 0.1) is 0 Å². The first-order valence-corrected chi connectivity index (χ1v) is 6.65. The van der Waals surface area contributed by atoms with E-state index in [-0.39, 0.29) is 5.78 Å². The lowest BCUT2D eigenvalue weighted by molar-refractivity contribution is 0.101. The Balaban J connectivity index is 2.48. The molecule has 20 heavy (non-hydrogen) atoms. The van der Waals surface area contributed by atoms with Crippen molar-refractivity contribution in [2.24, 2.45) is 0 Å². The Labute approximate surface area is 119 Å². The molecule has 2 rings (SSSR count). The molecule has 0 aliphatic rings. The van der Waals surface area contributed by atoms with Gasteiger partial charge in [0.15, 0.2) is 5.78 Å². The Morgan fingerprint density at radius 2 is 1.70 bits per heavy atom. The van der Waals surface area contributed by atoms with Crippen molar-refractivity contribution < 1.29 is 4.79 Å². The highest BCUT2D eigenvalue weighted by Gasteiger charge is 2.01. The zero-order valence-corrected chi connectivity index (χ0v) is 11.9. The van der Waals surface area contributed by atoms with Gasteiger partial charge < -0.3 is 0 Å². The van der Waals surface area contributed by atoms with Crippen molar-refractivity contribution >= 4 is 18.4 Å². The van der Waals surface area contributed by atoms with E-state index in [4.69, 9.17) is 0 Å². The van der Waals surface area contributed by atoms with Gasteiger partial charge in [0.1, 0.15) is 0 Å². The van der Waals surface area contributed by atoms with E-state index in [1.54, 1.807) is 6.92 Å². The average molecular weight is 262 g/mol. The summed E-state index contributed by atoms with van der Waals surface area (Å²) in [5, 5.41) is 2.11. The number of carbonyl (C=O) groups is 1. The van der Waals surface area contributed by atoms with Gasteiger partial charge in [0.25, 0.3) is 0 Å². The molecule has 0 saturated carbocycles. The molecule has 0 unspecified atom stereocenters. The van der Waals surface area contributed by atoms with E-state index in [1.165, 1.54) is 0 Å². The number of allylic oxidation sites excluding steroid dienone is 2. The van der Waals surface area contributed by atoms with Gasteiger partial charge in [-0.1, -0.05) is 61.2 Å². The zero-order valence-electron chi connectivity index (χ0n) is 11.9. The van der Waals surface area contributed by atoms with Crippen LogP contribution in [-0.2, 0) is 0 Å². The first-order valence-electron chi connectivity index (χ1n) is 6.65. The molecule has 0 aromatic heterocycles. The summed E-state index contributed by atoms with van der Waals surface area (Å²) in [6.45, 7) is 7.61. The van der Waals surface area contributed by atoms with Crippen molar-refractivity contribution in [3.63, 3.8) is 0 Å². The van der Waals surface area contributed by atoms with E-state index in [9.17, 15) is 4.79 Å². The second-order valence-corrected chi connectivity index (χ2v) is 4.74. The number of hydrogen-bond donors (Lipinski definition) is 0. The molecule has 2 aromatic rings. The van der Waals surface area contributed by atoms with Gasteiger partial charge in [0.2, 0.25) is 0 Å². The maximum Gasteiger partial charge on any atom is 0.159 e. The first-order chi connectivity index (χ1) is 9.61. The van der Waals surface area contributed by atoms with Gasteiger partial charge in [-0.2, -0.15) is 0 Å². The molecule has 0 spiro atoms. The summed E-state index contributed by atoms with van der Waals surface area (Å²) >= 11 is 0. The minimum Gasteiger partial charge on any atom is -0.295 e. The van der Waals surface area contributed by atoms with Crippen LogP contribution in [0.15, 0.2) is 54.6 Å². The molecule has 0 N–H and O–H groups in total. The van der Waals surface area contributed by atoms with Crippen LogP contribution in [0.3, 0.4) is 0 Å². The lowest BCUT2D eigenvalue weighted by atomic mass is 10.0. The number of Topliss-reactive ketones (excluding diaryl/α,β-unsaturated/α-hetero) is 1. The molecular weight excluding hydrogens is 244 g/mol. The Morgan fingerprint density at radius 1 is 1.05 bits per heavy atom. The highest BCUT2D eigenvalue weighted by Crippen LogP contribution is 2.17. The highest BCUT2D eigenvalue weighted by molar-refractivity contribution is 5.94. The normalized spacial score (nSPS) is 12.0. The summed E-state index contributed by atoms with van der Waals surface area (Å²) in [5.74, 6) is 0.0896. The lowest BCUT2D eigenvalue weighted by Crippen LogP contribution is -2.22. The van der Waals surface area contributed by atoms with Crippen LogP contribution < -0.4 is 10.4 Å². The summed E-state index contributed by atoms with van der Waals surface area (Å²) < 4.78 is 0. The van der Waals surface area contributed by atoms with Crippen molar-refractivity contribution in [1.29, 1.82) is 0 Å². The largest absolute Gasteiger partial charge is 0.295 e. The predicted molar refractivity (Wildman–Crippen MR) is 85.9 cm³/mol. The molecule has 0 saturated heterocycles. The number of rotatable bonds is 3. The molecule has 0 aliphatic carbocycles. The van der Waals surface area contributed by atoms with Crippen LogP contribution in [0.25, 0.3) is 23.8 Å². The molecule has 0 amide bonds. The molecule has 0 atom stereocenters. The van der Waals surface area contributed by atoms with E-state index in [2.05, 4.69) is 24.8 Å². The first kappa shape index (κ1) is 14.0. The van der Waals surface area contributed by atoms with E-state index in [0.29, 0.717) is 0 Å².